The summed E-state index contributed by atoms with van der Waals surface area (Å²) in [5.74, 6) is 2.17. The van der Waals surface area contributed by atoms with E-state index in [2.05, 4.69) is 4.98 Å². The first kappa shape index (κ1) is 20.2. The number of fused-ring (bicyclic) bond motifs is 1. The number of benzene rings is 2. The zero-order valence-electron chi connectivity index (χ0n) is 18.1. The van der Waals surface area contributed by atoms with E-state index in [-0.39, 0.29) is 11.9 Å². The molecule has 1 aliphatic rings. The minimum atomic E-state index is -0.225. The second-order valence-electron chi connectivity index (χ2n) is 7.98. The Morgan fingerprint density at radius 1 is 1.12 bits per heavy atom. The maximum Gasteiger partial charge on any atom is 0.174 e. The van der Waals surface area contributed by atoms with Crippen LogP contribution in [-0.4, -0.2) is 31.4 Å². The summed E-state index contributed by atoms with van der Waals surface area (Å²) in [7, 11) is 1.66. The van der Waals surface area contributed by atoms with Crippen LogP contribution in [0.4, 0.5) is 4.39 Å². The molecule has 0 amide bonds. The van der Waals surface area contributed by atoms with Crippen molar-refractivity contribution >= 4 is 12.2 Å². The summed E-state index contributed by atoms with van der Waals surface area (Å²) in [5.41, 5.74) is 3.93. The molecule has 4 aromatic rings. The maximum absolute atomic E-state index is 13.3. The molecule has 0 aliphatic carbocycles. The molecule has 3 heterocycles. The Labute approximate surface area is 186 Å². The fourth-order valence-corrected chi connectivity index (χ4v) is 4.17. The lowest BCUT2D eigenvalue weighted by molar-refractivity contribution is 0.411. The molecule has 0 radical (unpaired) electrons. The van der Waals surface area contributed by atoms with Gasteiger partial charge in [-0.1, -0.05) is 24.3 Å². The molecule has 7 heteroatoms. The summed E-state index contributed by atoms with van der Waals surface area (Å²) in [6, 6.07) is 12.8. The van der Waals surface area contributed by atoms with Crippen molar-refractivity contribution in [3.63, 3.8) is 0 Å². The molecule has 1 atom stereocenters. The third-order valence-electron chi connectivity index (χ3n) is 5.76. The highest BCUT2D eigenvalue weighted by molar-refractivity contribution is 5.69. The number of hydrogen-bond acceptors (Lipinski definition) is 4. The lowest BCUT2D eigenvalue weighted by atomic mass is 9.98. The van der Waals surface area contributed by atoms with Crippen LogP contribution in [0.15, 0.2) is 55.0 Å². The fourth-order valence-electron chi connectivity index (χ4n) is 4.17. The Hall–Kier alpha value is -3.74. The number of ether oxygens (including phenoxy) is 1. The van der Waals surface area contributed by atoms with Crippen LogP contribution in [0.5, 0.6) is 5.75 Å². The predicted octanol–water partition coefficient (Wildman–Crippen LogP) is 5.02. The van der Waals surface area contributed by atoms with E-state index in [1.54, 1.807) is 13.4 Å². The van der Waals surface area contributed by atoms with Crippen LogP contribution >= 0.6 is 0 Å². The van der Waals surface area contributed by atoms with Crippen molar-refractivity contribution in [1.29, 1.82) is 0 Å². The van der Waals surface area contributed by atoms with E-state index >= 15 is 0 Å². The summed E-state index contributed by atoms with van der Waals surface area (Å²) in [5, 5.41) is 4.74. The van der Waals surface area contributed by atoms with Gasteiger partial charge >= 0.3 is 0 Å². The molecular formula is C25H24FN5O. The molecule has 0 saturated carbocycles. The SMILES string of the molecule is COc1cc(/C=C/c2nc3n(n2)C(c2ccc(F)cc2)CCC3)ccc1-n1cnc(C)c1. The van der Waals surface area contributed by atoms with Crippen LogP contribution < -0.4 is 4.74 Å². The second kappa shape index (κ2) is 8.42. The van der Waals surface area contributed by atoms with Crippen molar-refractivity contribution < 1.29 is 9.13 Å². The third-order valence-corrected chi connectivity index (χ3v) is 5.76. The van der Waals surface area contributed by atoms with Crippen LogP contribution in [0.1, 0.15) is 47.4 Å². The van der Waals surface area contributed by atoms with Crippen LogP contribution in [0.25, 0.3) is 17.8 Å². The quantitative estimate of drug-likeness (QED) is 0.447. The largest absolute Gasteiger partial charge is 0.495 e. The Morgan fingerprint density at radius 3 is 2.72 bits per heavy atom. The molecule has 0 bridgehead atoms. The average Bonchev–Trinajstić information content (AvgIpc) is 3.43. The Morgan fingerprint density at radius 2 is 1.97 bits per heavy atom. The van der Waals surface area contributed by atoms with E-state index in [0.29, 0.717) is 5.82 Å². The van der Waals surface area contributed by atoms with Gasteiger partial charge in [0, 0.05) is 12.6 Å². The number of imidazole rings is 1. The summed E-state index contributed by atoms with van der Waals surface area (Å²) < 4.78 is 22.9. The monoisotopic (exact) mass is 429 g/mol. The van der Waals surface area contributed by atoms with E-state index in [1.807, 2.05) is 64.9 Å². The average molecular weight is 429 g/mol. The zero-order chi connectivity index (χ0) is 22.1. The molecule has 0 spiro atoms. The number of aryl methyl sites for hydroxylation is 2. The first-order valence-corrected chi connectivity index (χ1v) is 10.7. The number of rotatable bonds is 5. The van der Waals surface area contributed by atoms with Crippen LogP contribution in [0, 0.1) is 12.7 Å². The van der Waals surface area contributed by atoms with E-state index < -0.39 is 0 Å². The molecule has 32 heavy (non-hydrogen) atoms. The molecule has 0 N–H and O–H groups in total. The molecule has 1 unspecified atom stereocenters. The van der Waals surface area contributed by atoms with Gasteiger partial charge in [-0.2, -0.15) is 5.10 Å². The highest BCUT2D eigenvalue weighted by Crippen LogP contribution is 2.30. The lowest BCUT2D eigenvalue weighted by Gasteiger charge is -2.23. The van der Waals surface area contributed by atoms with E-state index in [1.165, 1.54) is 12.1 Å². The van der Waals surface area contributed by atoms with Gasteiger partial charge < -0.3 is 9.30 Å². The van der Waals surface area contributed by atoms with Gasteiger partial charge in [0.05, 0.1) is 30.9 Å². The van der Waals surface area contributed by atoms with Crippen LogP contribution in [-0.2, 0) is 6.42 Å². The Balaban J connectivity index is 1.40. The molecule has 1 aliphatic heterocycles. The minimum Gasteiger partial charge on any atom is -0.495 e. The van der Waals surface area contributed by atoms with Crippen molar-refractivity contribution in [1.82, 2.24) is 24.3 Å². The number of halogens is 1. The topological polar surface area (TPSA) is 57.8 Å². The van der Waals surface area contributed by atoms with Gasteiger partial charge in [0.2, 0.25) is 0 Å². The maximum atomic E-state index is 13.3. The summed E-state index contributed by atoms with van der Waals surface area (Å²) >= 11 is 0. The van der Waals surface area contributed by atoms with E-state index in [0.717, 1.165) is 53.3 Å². The van der Waals surface area contributed by atoms with Crippen molar-refractivity contribution in [2.24, 2.45) is 0 Å². The van der Waals surface area contributed by atoms with Crippen LogP contribution in [0.3, 0.4) is 0 Å². The molecule has 2 aromatic carbocycles. The number of hydrogen-bond donors (Lipinski definition) is 0. The molecule has 0 saturated heterocycles. The van der Waals surface area contributed by atoms with Gasteiger partial charge in [0.25, 0.3) is 0 Å². The van der Waals surface area contributed by atoms with Gasteiger partial charge in [0.1, 0.15) is 17.4 Å². The second-order valence-corrected chi connectivity index (χ2v) is 7.98. The zero-order valence-corrected chi connectivity index (χ0v) is 18.1. The molecule has 0 fully saturated rings. The molecular weight excluding hydrogens is 405 g/mol. The first-order valence-electron chi connectivity index (χ1n) is 10.7. The summed E-state index contributed by atoms with van der Waals surface area (Å²) in [6.07, 6.45) is 10.5. The van der Waals surface area contributed by atoms with Crippen molar-refractivity contribution in [3.8, 4) is 11.4 Å². The normalized spacial score (nSPS) is 15.8. The van der Waals surface area contributed by atoms with E-state index in [4.69, 9.17) is 14.8 Å². The number of aromatic nitrogens is 5. The number of methoxy groups -OCH3 is 1. The highest BCUT2D eigenvalue weighted by Gasteiger charge is 2.24. The molecule has 5 rings (SSSR count). The smallest absolute Gasteiger partial charge is 0.174 e. The Bertz CT molecular complexity index is 1270. The van der Waals surface area contributed by atoms with Gasteiger partial charge in [-0.3, -0.25) is 0 Å². The molecule has 2 aromatic heterocycles. The fraction of sp³-hybridized carbons (Fsp3) is 0.240. The summed E-state index contributed by atoms with van der Waals surface area (Å²) in [4.78, 5) is 9.00. The standard InChI is InChI=1S/C25H24FN5O/c1-17-15-30(16-27-17)22-12-6-18(14-23(22)32-2)7-13-24-28-25-5-3-4-21(31(25)29-24)19-8-10-20(26)11-9-19/h6-16,21H,3-5H2,1-2H3/b13-7+. The van der Waals surface area contributed by atoms with Gasteiger partial charge in [-0.15, -0.1) is 0 Å². The lowest BCUT2D eigenvalue weighted by Crippen LogP contribution is -2.20. The minimum absolute atomic E-state index is 0.0898. The van der Waals surface area contributed by atoms with Crippen molar-refractivity contribution in [2.75, 3.05) is 7.11 Å². The van der Waals surface area contributed by atoms with Crippen molar-refractivity contribution in [2.45, 2.75) is 32.2 Å². The van der Waals surface area contributed by atoms with Gasteiger partial charge in [-0.25, -0.2) is 19.0 Å². The van der Waals surface area contributed by atoms with Crippen LogP contribution in [0.2, 0.25) is 0 Å². The molecule has 6 nitrogen and oxygen atoms in total. The summed E-state index contributed by atoms with van der Waals surface area (Å²) in [6.45, 7) is 1.96. The first-order chi connectivity index (χ1) is 15.6. The Kier molecular flexibility index (Phi) is 5.31. The molecule has 162 valence electrons. The third kappa shape index (κ3) is 3.93. The van der Waals surface area contributed by atoms with Crippen molar-refractivity contribution in [3.05, 3.63) is 89.3 Å². The van der Waals surface area contributed by atoms with Gasteiger partial charge in [-0.05, 0) is 61.2 Å². The predicted molar refractivity (Wildman–Crippen MR) is 121 cm³/mol. The van der Waals surface area contributed by atoms with Gasteiger partial charge in [0.15, 0.2) is 5.82 Å². The highest BCUT2D eigenvalue weighted by atomic mass is 19.1. The number of nitrogens with zero attached hydrogens (tertiary/aromatic N) is 5. The van der Waals surface area contributed by atoms with E-state index in [9.17, 15) is 4.39 Å².